The van der Waals surface area contributed by atoms with Gasteiger partial charge < -0.3 is 5.32 Å². The summed E-state index contributed by atoms with van der Waals surface area (Å²) in [5.41, 5.74) is 2.11. The molecule has 0 aliphatic rings. The van der Waals surface area contributed by atoms with Crippen LogP contribution in [0.4, 0.5) is 0 Å². The third-order valence-electron chi connectivity index (χ3n) is 2.52. The Morgan fingerprint density at radius 1 is 1.33 bits per heavy atom. The molecule has 18 heavy (non-hydrogen) atoms. The summed E-state index contributed by atoms with van der Waals surface area (Å²) in [6.07, 6.45) is 4.87. The maximum atomic E-state index is 4.61. The van der Waals surface area contributed by atoms with Gasteiger partial charge in [-0.15, -0.1) is 0 Å². The number of nitrogens with one attached hydrogen (secondary N) is 1. The zero-order valence-electron chi connectivity index (χ0n) is 10.4. The summed E-state index contributed by atoms with van der Waals surface area (Å²) in [7, 11) is 0. The van der Waals surface area contributed by atoms with Gasteiger partial charge in [-0.1, -0.05) is 13.0 Å². The number of hydrogen-bond acceptors (Lipinski definition) is 3. The van der Waals surface area contributed by atoms with Crippen molar-refractivity contribution in [3.63, 3.8) is 0 Å². The standard InChI is InChI=1S/C13H17BrN4/c1-2-6-15-8-12-4-3-5-13(17-12)10-18-9-11(14)7-16-18/h3-5,7,9,15H,2,6,8,10H2,1H3. The van der Waals surface area contributed by atoms with E-state index in [0.29, 0.717) is 6.54 Å². The molecule has 0 amide bonds. The van der Waals surface area contributed by atoms with Crippen LogP contribution in [0.2, 0.25) is 0 Å². The minimum Gasteiger partial charge on any atom is -0.311 e. The lowest BCUT2D eigenvalue weighted by Gasteiger charge is -2.05. The average molecular weight is 309 g/mol. The number of halogens is 1. The highest BCUT2D eigenvalue weighted by molar-refractivity contribution is 9.10. The molecule has 0 aliphatic heterocycles. The van der Waals surface area contributed by atoms with Crippen molar-refractivity contribution in [2.45, 2.75) is 26.4 Å². The molecule has 2 rings (SSSR count). The van der Waals surface area contributed by atoms with Crippen LogP contribution in [-0.2, 0) is 13.1 Å². The van der Waals surface area contributed by atoms with Crippen molar-refractivity contribution in [3.8, 4) is 0 Å². The minimum absolute atomic E-state index is 0.702. The van der Waals surface area contributed by atoms with Gasteiger partial charge in [0.1, 0.15) is 0 Å². The summed E-state index contributed by atoms with van der Waals surface area (Å²) >= 11 is 3.39. The molecule has 0 spiro atoms. The Bertz CT molecular complexity index is 495. The van der Waals surface area contributed by atoms with E-state index >= 15 is 0 Å². The van der Waals surface area contributed by atoms with E-state index in [2.05, 4.69) is 38.3 Å². The molecule has 0 radical (unpaired) electrons. The summed E-state index contributed by atoms with van der Waals surface area (Å²) in [5, 5.41) is 7.58. The molecule has 2 aromatic heterocycles. The molecule has 0 atom stereocenters. The van der Waals surface area contributed by atoms with Crippen LogP contribution < -0.4 is 5.32 Å². The monoisotopic (exact) mass is 308 g/mol. The lowest BCUT2D eigenvalue weighted by atomic mass is 10.3. The van der Waals surface area contributed by atoms with E-state index in [9.17, 15) is 0 Å². The predicted octanol–water partition coefficient (Wildman–Crippen LogP) is 2.59. The SMILES string of the molecule is CCCNCc1cccc(Cn2cc(Br)cn2)n1. The second kappa shape index (κ2) is 6.66. The van der Waals surface area contributed by atoms with Crippen molar-refractivity contribution in [1.29, 1.82) is 0 Å². The fourth-order valence-corrected chi connectivity index (χ4v) is 2.03. The van der Waals surface area contributed by atoms with E-state index < -0.39 is 0 Å². The summed E-state index contributed by atoms with van der Waals surface area (Å²) in [6, 6.07) is 6.12. The van der Waals surface area contributed by atoms with Gasteiger partial charge in [0.05, 0.1) is 28.6 Å². The quantitative estimate of drug-likeness (QED) is 0.834. The molecule has 0 aromatic carbocycles. The van der Waals surface area contributed by atoms with Gasteiger partial charge in [0.25, 0.3) is 0 Å². The molecule has 96 valence electrons. The van der Waals surface area contributed by atoms with Crippen molar-refractivity contribution in [1.82, 2.24) is 20.1 Å². The predicted molar refractivity (Wildman–Crippen MR) is 75.3 cm³/mol. The average Bonchev–Trinajstić information content (AvgIpc) is 2.76. The van der Waals surface area contributed by atoms with Crippen LogP contribution in [0.3, 0.4) is 0 Å². The number of pyridine rings is 1. The van der Waals surface area contributed by atoms with Gasteiger partial charge in [-0.05, 0) is 41.0 Å². The molecular weight excluding hydrogens is 292 g/mol. The molecule has 4 nitrogen and oxygen atoms in total. The van der Waals surface area contributed by atoms with Crippen molar-refractivity contribution in [2.75, 3.05) is 6.54 Å². The normalized spacial score (nSPS) is 10.8. The second-order valence-electron chi connectivity index (χ2n) is 4.15. The summed E-state index contributed by atoms with van der Waals surface area (Å²) < 4.78 is 2.86. The summed E-state index contributed by atoms with van der Waals surface area (Å²) in [6.45, 7) is 4.71. The highest BCUT2D eigenvalue weighted by Gasteiger charge is 2.00. The Morgan fingerprint density at radius 2 is 2.17 bits per heavy atom. The van der Waals surface area contributed by atoms with Crippen molar-refractivity contribution >= 4 is 15.9 Å². The molecule has 0 unspecified atom stereocenters. The topological polar surface area (TPSA) is 42.7 Å². The third kappa shape index (κ3) is 3.92. The van der Waals surface area contributed by atoms with Crippen LogP contribution in [0.15, 0.2) is 35.1 Å². The first-order chi connectivity index (χ1) is 8.78. The minimum atomic E-state index is 0.702. The molecule has 2 aromatic rings. The van der Waals surface area contributed by atoms with Crippen molar-refractivity contribution < 1.29 is 0 Å². The van der Waals surface area contributed by atoms with Gasteiger partial charge in [-0.2, -0.15) is 5.10 Å². The Hall–Kier alpha value is -1.20. The number of hydrogen-bond donors (Lipinski definition) is 1. The molecule has 0 fully saturated rings. The van der Waals surface area contributed by atoms with Gasteiger partial charge in [0, 0.05) is 12.7 Å². The van der Waals surface area contributed by atoms with E-state index in [1.807, 2.05) is 29.1 Å². The Labute approximate surface area is 116 Å². The zero-order chi connectivity index (χ0) is 12.8. The van der Waals surface area contributed by atoms with E-state index in [-0.39, 0.29) is 0 Å². The first kappa shape index (κ1) is 13.2. The third-order valence-corrected chi connectivity index (χ3v) is 2.93. The van der Waals surface area contributed by atoms with Gasteiger partial charge in [-0.25, -0.2) is 0 Å². The van der Waals surface area contributed by atoms with Crippen LogP contribution in [0.1, 0.15) is 24.7 Å². The largest absolute Gasteiger partial charge is 0.311 e. The first-order valence-corrected chi connectivity index (χ1v) is 6.90. The highest BCUT2D eigenvalue weighted by atomic mass is 79.9. The molecule has 0 aliphatic carbocycles. The van der Waals surface area contributed by atoms with Gasteiger partial charge in [0.2, 0.25) is 0 Å². The highest BCUT2D eigenvalue weighted by Crippen LogP contribution is 2.08. The maximum Gasteiger partial charge on any atom is 0.0831 e. The van der Waals surface area contributed by atoms with E-state index in [1.54, 1.807) is 6.20 Å². The Balaban J connectivity index is 1.98. The molecule has 0 bridgehead atoms. The Kier molecular flexibility index (Phi) is 4.90. The zero-order valence-corrected chi connectivity index (χ0v) is 12.0. The van der Waals surface area contributed by atoms with Crippen LogP contribution in [-0.4, -0.2) is 21.3 Å². The summed E-state index contributed by atoms with van der Waals surface area (Å²) in [4.78, 5) is 4.61. The van der Waals surface area contributed by atoms with Crippen LogP contribution in [0.5, 0.6) is 0 Å². The Morgan fingerprint density at radius 3 is 2.89 bits per heavy atom. The first-order valence-electron chi connectivity index (χ1n) is 6.11. The number of aromatic nitrogens is 3. The molecule has 5 heteroatoms. The fourth-order valence-electron chi connectivity index (χ4n) is 1.70. The lowest BCUT2D eigenvalue weighted by Crippen LogP contribution is -2.15. The molecule has 0 saturated heterocycles. The van der Waals surface area contributed by atoms with E-state index in [0.717, 1.165) is 35.4 Å². The molecule has 0 saturated carbocycles. The number of rotatable bonds is 6. The molecule has 2 heterocycles. The van der Waals surface area contributed by atoms with Gasteiger partial charge in [0.15, 0.2) is 0 Å². The molecule has 1 N–H and O–H groups in total. The van der Waals surface area contributed by atoms with Gasteiger partial charge in [-0.3, -0.25) is 9.67 Å². The second-order valence-corrected chi connectivity index (χ2v) is 5.07. The van der Waals surface area contributed by atoms with E-state index in [1.165, 1.54) is 0 Å². The van der Waals surface area contributed by atoms with Crippen molar-refractivity contribution in [3.05, 3.63) is 46.5 Å². The van der Waals surface area contributed by atoms with Crippen LogP contribution in [0, 0.1) is 0 Å². The number of nitrogens with zero attached hydrogens (tertiary/aromatic N) is 3. The van der Waals surface area contributed by atoms with Crippen LogP contribution >= 0.6 is 15.9 Å². The van der Waals surface area contributed by atoms with E-state index in [4.69, 9.17) is 0 Å². The molecular formula is C13H17BrN4. The summed E-state index contributed by atoms with van der Waals surface area (Å²) in [5.74, 6) is 0. The fraction of sp³-hybridized carbons (Fsp3) is 0.385. The smallest absolute Gasteiger partial charge is 0.0831 e. The maximum absolute atomic E-state index is 4.61. The lowest BCUT2D eigenvalue weighted by molar-refractivity contribution is 0.645. The van der Waals surface area contributed by atoms with Crippen molar-refractivity contribution in [2.24, 2.45) is 0 Å². The van der Waals surface area contributed by atoms with Crippen LogP contribution in [0.25, 0.3) is 0 Å². The van der Waals surface area contributed by atoms with Gasteiger partial charge >= 0.3 is 0 Å².